The first-order chi connectivity index (χ1) is 16.6. The van der Waals surface area contributed by atoms with Crippen LogP contribution in [0.1, 0.15) is 44.6 Å². The van der Waals surface area contributed by atoms with Gasteiger partial charge in [0, 0.05) is 12.6 Å². The number of anilines is 1. The van der Waals surface area contributed by atoms with Gasteiger partial charge < -0.3 is 10.2 Å². The fourth-order valence-corrected chi connectivity index (χ4v) is 5.16. The fourth-order valence-electron chi connectivity index (χ4n) is 4.32. The number of benzene rings is 2. The zero-order chi connectivity index (χ0) is 25.6. The Hall–Kier alpha value is -3.01. The molecule has 35 heavy (non-hydrogen) atoms. The van der Waals surface area contributed by atoms with E-state index in [0.29, 0.717) is 12.0 Å². The predicted molar refractivity (Wildman–Crippen MR) is 130 cm³/mol. The number of hydrogen-bond acceptors (Lipinski definition) is 4. The van der Waals surface area contributed by atoms with Crippen molar-refractivity contribution >= 4 is 27.5 Å². The maximum absolute atomic E-state index is 13.8. The molecule has 1 aliphatic carbocycles. The minimum atomic E-state index is -3.94. The largest absolute Gasteiger partial charge is 0.352 e. The number of sulfonamides is 1. The molecule has 0 radical (unpaired) electrons. The quantitative estimate of drug-likeness (QED) is 0.533. The second kappa shape index (κ2) is 11.6. The minimum absolute atomic E-state index is 0.00559. The van der Waals surface area contributed by atoms with Crippen molar-refractivity contribution in [2.45, 2.75) is 57.7 Å². The highest BCUT2D eigenvalue weighted by atomic mass is 32.2. The van der Waals surface area contributed by atoms with Crippen LogP contribution in [0.5, 0.6) is 0 Å². The molecule has 0 saturated heterocycles. The van der Waals surface area contributed by atoms with Crippen LogP contribution in [0.2, 0.25) is 0 Å². The summed E-state index contributed by atoms with van der Waals surface area (Å²) in [4.78, 5) is 28.0. The van der Waals surface area contributed by atoms with Gasteiger partial charge in [0.05, 0.1) is 11.9 Å². The zero-order valence-electron chi connectivity index (χ0n) is 19.9. The van der Waals surface area contributed by atoms with Gasteiger partial charge in [0.1, 0.15) is 24.2 Å². The third-order valence-electron chi connectivity index (χ3n) is 6.13. The molecule has 2 aromatic carbocycles. The summed E-state index contributed by atoms with van der Waals surface area (Å²) in [6.07, 6.45) is 5.02. The summed E-state index contributed by atoms with van der Waals surface area (Å²) in [6.45, 7) is 1.14. The van der Waals surface area contributed by atoms with Gasteiger partial charge in [-0.15, -0.1) is 0 Å². The second-order valence-corrected chi connectivity index (χ2v) is 10.7. The van der Waals surface area contributed by atoms with E-state index in [0.717, 1.165) is 42.3 Å². The average Bonchev–Trinajstić information content (AvgIpc) is 3.30. The molecule has 1 unspecified atom stereocenters. The van der Waals surface area contributed by atoms with Crippen molar-refractivity contribution in [3.63, 3.8) is 0 Å². The number of hydrogen-bond donors (Lipinski definition) is 1. The number of rotatable bonds is 10. The van der Waals surface area contributed by atoms with Gasteiger partial charge in [-0.05, 0) is 55.2 Å². The lowest BCUT2D eigenvalue weighted by molar-refractivity contribution is -0.140. The number of halogens is 2. The molecule has 1 fully saturated rings. The molecule has 190 valence electrons. The van der Waals surface area contributed by atoms with Gasteiger partial charge in [-0.3, -0.25) is 13.9 Å². The summed E-state index contributed by atoms with van der Waals surface area (Å²) in [5.74, 6) is -2.02. The maximum Gasteiger partial charge on any atom is 0.244 e. The highest BCUT2D eigenvalue weighted by Gasteiger charge is 2.33. The van der Waals surface area contributed by atoms with Gasteiger partial charge in [0.2, 0.25) is 21.8 Å². The monoisotopic (exact) mass is 507 g/mol. The van der Waals surface area contributed by atoms with Crippen molar-refractivity contribution in [3.8, 4) is 0 Å². The molecule has 1 N–H and O–H groups in total. The lowest BCUT2D eigenvalue weighted by Crippen LogP contribution is -2.53. The smallest absolute Gasteiger partial charge is 0.244 e. The first-order valence-corrected chi connectivity index (χ1v) is 13.5. The lowest BCUT2D eigenvalue weighted by Gasteiger charge is -2.33. The summed E-state index contributed by atoms with van der Waals surface area (Å²) >= 11 is 0. The topological polar surface area (TPSA) is 86.8 Å². The van der Waals surface area contributed by atoms with E-state index in [1.165, 1.54) is 47.4 Å². The van der Waals surface area contributed by atoms with Crippen LogP contribution in [0.25, 0.3) is 0 Å². The Morgan fingerprint density at radius 1 is 1.06 bits per heavy atom. The third kappa shape index (κ3) is 7.24. The van der Waals surface area contributed by atoms with E-state index in [1.807, 2.05) is 0 Å². The Morgan fingerprint density at radius 2 is 1.71 bits per heavy atom. The van der Waals surface area contributed by atoms with Crippen molar-refractivity contribution in [3.05, 3.63) is 65.7 Å². The zero-order valence-corrected chi connectivity index (χ0v) is 20.7. The molecule has 0 aromatic heterocycles. The van der Waals surface area contributed by atoms with Crippen LogP contribution in [0.4, 0.5) is 14.5 Å². The highest BCUT2D eigenvalue weighted by Crippen LogP contribution is 2.22. The van der Waals surface area contributed by atoms with Crippen LogP contribution in [-0.2, 0) is 26.2 Å². The Bertz CT molecular complexity index is 1140. The van der Waals surface area contributed by atoms with Crippen LogP contribution in [0.3, 0.4) is 0 Å². The van der Waals surface area contributed by atoms with E-state index in [1.54, 1.807) is 6.92 Å². The van der Waals surface area contributed by atoms with Gasteiger partial charge in [-0.2, -0.15) is 0 Å². The van der Waals surface area contributed by atoms with Crippen LogP contribution in [0, 0.1) is 11.6 Å². The average molecular weight is 508 g/mol. The molecule has 2 aromatic rings. The standard InChI is InChI=1S/C25H31F2N3O4S/c1-3-23(25(32)28-21-8-4-5-9-21)29(16-18-11-13-19(26)14-12-18)24(31)17-30(35(2,33)34)22-10-6-7-20(27)15-22/h6-7,10-15,21,23H,3-5,8-9,16-17H2,1-2H3,(H,28,32). The summed E-state index contributed by atoms with van der Waals surface area (Å²) in [5.41, 5.74) is 0.592. The normalized spacial score (nSPS) is 15.0. The van der Waals surface area contributed by atoms with Gasteiger partial charge >= 0.3 is 0 Å². The van der Waals surface area contributed by atoms with Crippen LogP contribution < -0.4 is 9.62 Å². The van der Waals surface area contributed by atoms with Gasteiger partial charge in [0.15, 0.2) is 0 Å². The van der Waals surface area contributed by atoms with E-state index in [4.69, 9.17) is 0 Å². The Morgan fingerprint density at radius 3 is 2.29 bits per heavy atom. The van der Waals surface area contributed by atoms with Crippen LogP contribution in [0.15, 0.2) is 48.5 Å². The molecular formula is C25H31F2N3O4S. The van der Waals surface area contributed by atoms with E-state index in [2.05, 4.69) is 5.32 Å². The Labute approximate surface area is 205 Å². The van der Waals surface area contributed by atoms with Crippen LogP contribution >= 0.6 is 0 Å². The van der Waals surface area contributed by atoms with Crippen molar-refractivity contribution in [2.24, 2.45) is 0 Å². The number of carbonyl (C=O) groups is 2. The van der Waals surface area contributed by atoms with Gasteiger partial charge in [-0.25, -0.2) is 17.2 Å². The van der Waals surface area contributed by atoms with Crippen molar-refractivity contribution in [1.29, 1.82) is 0 Å². The predicted octanol–water partition coefficient (Wildman–Crippen LogP) is 3.60. The molecule has 0 bridgehead atoms. The van der Waals surface area contributed by atoms with Crippen LogP contribution in [-0.4, -0.2) is 50.0 Å². The number of nitrogens with one attached hydrogen (secondary N) is 1. The molecule has 0 spiro atoms. The molecule has 3 rings (SSSR count). The molecule has 0 heterocycles. The number of carbonyl (C=O) groups excluding carboxylic acids is 2. The molecular weight excluding hydrogens is 476 g/mol. The molecule has 7 nitrogen and oxygen atoms in total. The minimum Gasteiger partial charge on any atom is -0.352 e. The van der Waals surface area contributed by atoms with E-state index < -0.39 is 40.2 Å². The molecule has 2 amide bonds. The number of amides is 2. The second-order valence-electron chi connectivity index (χ2n) is 8.81. The number of nitrogens with zero attached hydrogens (tertiary/aromatic N) is 2. The molecule has 0 aliphatic heterocycles. The summed E-state index contributed by atoms with van der Waals surface area (Å²) in [5, 5.41) is 3.01. The highest BCUT2D eigenvalue weighted by molar-refractivity contribution is 7.92. The maximum atomic E-state index is 13.8. The molecule has 1 saturated carbocycles. The first kappa shape index (κ1) is 26.6. The van der Waals surface area contributed by atoms with E-state index >= 15 is 0 Å². The summed E-state index contributed by atoms with van der Waals surface area (Å²) < 4.78 is 53.1. The third-order valence-corrected chi connectivity index (χ3v) is 7.27. The molecule has 10 heteroatoms. The first-order valence-electron chi connectivity index (χ1n) is 11.7. The van der Waals surface area contributed by atoms with E-state index in [-0.39, 0.29) is 24.2 Å². The summed E-state index contributed by atoms with van der Waals surface area (Å²) in [6, 6.07) is 9.67. The van der Waals surface area contributed by atoms with E-state index in [9.17, 15) is 26.8 Å². The van der Waals surface area contributed by atoms with Gasteiger partial charge in [-0.1, -0.05) is 38.0 Å². The SMILES string of the molecule is CCC(C(=O)NC1CCCC1)N(Cc1ccc(F)cc1)C(=O)CN(c1cccc(F)c1)S(C)(=O)=O. The Kier molecular flexibility index (Phi) is 8.82. The van der Waals surface area contributed by atoms with Crippen molar-refractivity contribution in [1.82, 2.24) is 10.2 Å². The summed E-state index contributed by atoms with van der Waals surface area (Å²) in [7, 11) is -3.94. The molecule has 1 atom stereocenters. The Balaban J connectivity index is 1.91. The fraction of sp³-hybridized carbons (Fsp3) is 0.440. The van der Waals surface area contributed by atoms with Crippen molar-refractivity contribution < 1.29 is 26.8 Å². The molecule has 1 aliphatic rings. The van der Waals surface area contributed by atoms with Gasteiger partial charge in [0.25, 0.3) is 0 Å². The lowest BCUT2D eigenvalue weighted by atomic mass is 10.1. The van der Waals surface area contributed by atoms with Crippen molar-refractivity contribution in [2.75, 3.05) is 17.1 Å².